The fourth-order valence-electron chi connectivity index (χ4n) is 3.34. The van der Waals surface area contributed by atoms with E-state index in [0.717, 1.165) is 22.5 Å². The smallest absolute Gasteiger partial charge is 0.256 e. The van der Waals surface area contributed by atoms with Crippen molar-refractivity contribution in [3.8, 4) is 0 Å². The molecule has 32 heavy (non-hydrogen) atoms. The van der Waals surface area contributed by atoms with Gasteiger partial charge in [0.15, 0.2) is 5.82 Å². The topological polar surface area (TPSA) is 64.7 Å². The van der Waals surface area contributed by atoms with Crippen LogP contribution in [0.2, 0.25) is 10.0 Å². The number of nitrogens with one attached hydrogen (secondary N) is 1. The number of benzene rings is 2. The SMILES string of the molecule is Cc1cc(C)n(Cc2ccc(C(=O)Nc3nn(Cc4ccc(Cl)cc4Cl)cc3Br)cc2)n1. The summed E-state index contributed by atoms with van der Waals surface area (Å²) in [5.41, 5.74) is 4.58. The van der Waals surface area contributed by atoms with E-state index in [0.29, 0.717) is 39.0 Å². The van der Waals surface area contributed by atoms with Crippen LogP contribution in [0.3, 0.4) is 0 Å². The van der Waals surface area contributed by atoms with Crippen LogP contribution in [0.1, 0.15) is 32.9 Å². The van der Waals surface area contributed by atoms with Gasteiger partial charge in [0, 0.05) is 27.5 Å². The van der Waals surface area contributed by atoms with E-state index in [4.69, 9.17) is 23.2 Å². The minimum absolute atomic E-state index is 0.238. The first-order chi connectivity index (χ1) is 15.3. The van der Waals surface area contributed by atoms with Crippen molar-refractivity contribution in [1.29, 1.82) is 0 Å². The molecule has 6 nitrogen and oxygen atoms in total. The van der Waals surface area contributed by atoms with Gasteiger partial charge >= 0.3 is 0 Å². The molecule has 4 aromatic rings. The summed E-state index contributed by atoms with van der Waals surface area (Å²) in [6.07, 6.45) is 1.79. The zero-order valence-electron chi connectivity index (χ0n) is 17.4. The lowest BCUT2D eigenvalue weighted by molar-refractivity contribution is 0.102. The lowest BCUT2D eigenvalue weighted by Gasteiger charge is -2.07. The molecule has 1 N–H and O–H groups in total. The Bertz CT molecular complexity index is 1280. The summed E-state index contributed by atoms with van der Waals surface area (Å²) in [5, 5.41) is 12.9. The molecule has 0 atom stereocenters. The van der Waals surface area contributed by atoms with Gasteiger partial charge in [-0.2, -0.15) is 10.2 Å². The third-order valence-electron chi connectivity index (χ3n) is 4.95. The number of hydrogen-bond donors (Lipinski definition) is 1. The van der Waals surface area contributed by atoms with Crippen molar-refractivity contribution in [3.05, 3.63) is 97.3 Å². The average molecular weight is 533 g/mol. The van der Waals surface area contributed by atoms with Crippen LogP contribution >= 0.6 is 39.1 Å². The van der Waals surface area contributed by atoms with Gasteiger partial charge in [-0.1, -0.05) is 41.4 Å². The van der Waals surface area contributed by atoms with Gasteiger partial charge in [0.2, 0.25) is 0 Å². The predicted octanol–water partition coefficient (Wildman–Crippen LogP) is 6.11. The fraction of sp³-hybridized carbons (Fsp3) is 0.174. The summed E-state index contributed by atoms with van der Waals surface area (Å²) >= 11 is 15.7. The number of amides is 1. The molecule has 0 spiro atoms. The minimum Gasteiger partial charge on any atom is -0.304 e. The number of nitrogens with zero attached hydrogens (tertiary/aromatic N) is 4. The number of aryl methyl sites for hydroxylation is 2. The second kappa shape index (κ2) is 9.48. The molecule has 0 aliphatic rings. The van der Waals surface area contributed by atoms with Gasteiger partial charge in [0.1, 0.15) is 0 Å². The molecule has 0 saturated heterocycles. The molecule has 9 heteroatoms. The van der Waals surface area contributed by atoms with Crippen molar-refractivity contribution < 1.29 is 4.79 Å². The summed E-state index contributed by atoms with van der Waals surface area (Å²) < 4.78 is 4.32. The number of aromatic nitrogens is 4. The first-order valence-electron chi connectivity index (χ1n) is 9.87. The summed E-state index contributed by atoms with van der Waals surface area (Å²) in [5.74, 6) is 0.199. The van der Waals surface area contributed by atoms with Crippen molar-refractivity contribution in [2.75, 3.05) is 5.32 Å². The maximum atomic E-state index is 12.7. The Morgan fingerprint density at radius 3 is 2.44 bits per heavy atom. The molecular weight excluding hydrogens is 513 g/mol. The van der Waals surface area contributed by atoms with E-state index in [1.807, 2.05) is 42.8 Å². The summed E-state index contributed by atoms with van der Waals surface area (Å²) in [6.45, 7) is 5.11. The summed E-state index contributed by atoms with van der Waals surface area (Å²) in [6, 6.07) is 14.8. The van der Waals surface area contributed by atoms with Crippen LogP contribution in [-0.4, -0.2) is 25.5 Å². The van der Waals surface area contributed by atoms with Crippen molar-refractivity contribution in [2.24, 2.45) is 0 Å². The Hall–Kier alpha value is -2.61. The highest BCUT2D eigenvalue weighted by atomic mass is 79.9. The average Bonchev–Trinajstić information content (AvgIpc) is 3.24. The van der Waals surface area contributed by atoms with Gasteiger partial charge < -0.3 is 5.32 Å². The quantitative estimate of drug-likeness (QED) is 0.325. The molecule has 1 amide bonds. The second-order valence-corrected chi connectivity index (χ2v) is 9.19. The molecule has 4 rings (SSSR count). The van der Waals surface area contributed by atoms with Crippen LogP contribution in [0, 0.1) is 13.8 Å². The van der Waals surface area contributed by atoms with Crippen LogP contribution in [-0.2, 0) is 13.1 Å². The van der Waals surface area contributed by atoms with Crippen molar-refractivity contribution >= 4 is 50.9 Å². The summed E-state index contributed by atoms with van der Waals surface area (Å²) in [7, 11) is 0. The number of rotatable bonds is 6. The van der Waals surface area contributed by atoms with Gasteiger partial charge in [-0.3, -0.25) is 14.2 Å². The highest BCUT2D eigenvalue weighted by Gasteiger charge is 2.13. The molecule has 0 bridgehead atoms. The lowest BCUT2D eigenvalue weighted by atomic mass is 10.1. The van der Waals surface area contributed by atoms with Crippen LogP contribution in [0.4, 0.5) is 5.82 Å². The minimum atomic E-state index is -0.238. The fourth-order valence-corrected chi connectivity index (χ4v) is 4.22. The molecule has 2 aromatic heterocycles. The second-order valence-electron chi connectivity index (χ2n) is 7.49. The summed E-state index contributed by atoms with van der Waals surface area (Å²) in [4.78, 5) is 12.7. The molecule has 164 valence electrons. The van der Waals surface area contributed by atoms with Crippen molar-refractivity contribution in [2.45, 2.75) is 26.9 Å². The zero-order valence-corrected chi connectivity index (χ0v) is 20.5. The third kappa shape index (κ3) is 5.23. The number of halogens is 3. The standard InChI is InChI=1S/C23H20BrCl2N5O/c1-14-9-15(2)31(28-14)11-16-3-5-17(6-4-16)23(32)27-22-20(24)13-30(29-22)12-18-7-8-19(25)10-21(18)26/h3-10,13H,11-12H2,1-2H3,(H,27,29,32). The van der Waals surface area contributed by atoms with Gasteiger partial charge in [0.25, 0.3) is 5.91 Å². The van der Waals surface area contributed by atoms with E-state index >= 15 is 0 Å². The van der Waals surface area contributed by atoms with E-state index in [1.165, 1.54) is 0 Å². The molecule has 0 fully saturated rings. The maximum Gasteiger partial charge on any atom is 0.256 e. The lowest BCUT2D eigenvalue weighted by Crippen LogP contribution is -2.13. The largest absolute Gasteiger partial charge is 0.304 e. The Morgan fingerprint density at radius 2 is 1.78 bits per heavy atom. The van der Waals surface area contributed by atoms with Crippen molar-refractivity contribution in [1.82, 2.24) is 19.6 Å². The van der Waals surface area contributed by atoms with Gasteiger partial charge in [-0.15, -0.1) is 0 Å². The maximum absolute atomic E-state index is 12.7. The Balaban J connectivity index is 1.43. The number of carbonyl (C=O) groups is 1. The van der Waals surface area contributed by atoms with Gasteiger partial charge in [-0.05, 0) is 71.2 Å². The third-order valence-corrected chi connectivity index (χ3v) is 6.12. The molecule has 0 aliphatic carbocycles. The molecule has 0 unspecified atom stereocenters. The zero-order chi connectivity index (χ0) is 22.8. The van der Waals surface area contributed by atoms with Crippen molar-refractivity contribution in [3.63, 3.8) is 0 Å². The normalized spacial score (nSPS) is 11.0. The Morgan fingerprint density at radius 1 is 1.03 bits per heavy atom. The first kappa shape index (κ1) is 22.6. The predicted molar refractivity (Wildman–Crippen MR) is 131 cm³/mol. The molecule has 2 aromatic carbocycles. The van der Waals surface area contributed by atoms with Crippen LogP contribution in [0.5, 0.6) is 0 Å². The van der Waals surface area contributed by atoms with E-state index in [9.17, 15) is 4.79 Å². The van der Waals surface area contributed by atoms with Crippen LogP contribution in [0.25, 0.3) is 0 Å². The van der Waals surface area contributed by atoms with E-state index in [2.05, 4.69) is 31.4 Å². The molecule has 0 aliphatic heterocycles. The van der Waals surface area contributed by atoms with E-state index in [-0.39, 0.29) is 5.91 Å². The Kier molecular flexibility index (Phi) is 6.69. The highest BCUT2D eigenvalue weighted by Crippen LogP contribution is 2.25. The monoisotopic (exact) mass is 531 g/mol. The van der Waals surface area contributed by atoms with Gasteiger partial charge in [0.05, 0.1) is 23.3 Å². The van der Waals surface area contributed by atoms with Crippen LogP contribution in [0.15, 0.2) is 59.2 Å². The molecule has 0 radical (unpaired) electrons. The molecule has 2 heterocycles. The van der Waals surface area contributed by atoms with E-state index < -0.39 is 0 Å². The molecule has 0 saturated carbocycles. The van der Waals surface area contributed by atoms with Crippen LogP contribution < -0.4 is 5.32 Å². The highest BCUT2D eigenvalue weighted by molar-refractivity contribution is 9.10. The Labute approximate surface area is 204 Å². The van der Waals surface area contributed by atoms with E-state index in [1.54, 1.807) is 35.1 Å². The number of carbonyl (C=O) groups excluding carboxylic acids is 1. The van der Waals surface area contributed by atoms with Gasteiger partial charge in [-0.25, -0.2) is 0 Å². The number of hydrogen-bond acceptors (Lipinski definition) is 3. The number of anilines is 1. The molecular formula is C23H20BrCl2N5O. The first-order valence-corrected chi connectivity index (χ1v) is 11.4.